The molecule has 31 heavy (non-hydrogen) atoms. The van der Waals surface area contributed by atoms with Crippen molar-refractivity contribution in [2.24, 2.45) is 4.99 Å². The number of rotatable bonds is 6. The molecule has 0 saturated heterocycles. The fourth-order valence-electron chi connectivity index (χ4n) is 2.64. The van der Waals surface area contributed by atoms with Crippen molar-refractivity contribution in [1.82, 2.24) is 24.5 Å². The van der Waals surface area contributed by atoms with Gasteiger partial charge in [-0.1, -0.05) is 0 Å². The largest absolute Gasteiger partial charge is 0.432 e. The number of imidazole rings is 1. The Morgan fingerprint density at radius 2 is 1.90 bits per heavy atom. The van der Waals surface area contributed by atoms with Crippen LogP contribution in [0.3, 0.4) is 0 Å². The van der Waals surface area contributed by atoms with Gasteiger partial charge >= 0.3 is 6.18 Å². The van der Waals surface area contributed by atoms with Gasteiger partial charge in [-0.3, -0.25) is 9.79 Å². The van der Waals surface area contributed by atoms with E-state index in [-0.39, 0.29) is 18.0 Å². The summed E-state index contributed by atoms with van der Waals surface area (Å²) < 4.78 is 40.0. The predicted octanol–water partition coefficient (Wildman–Crippen LogP) is 3.41. The fourth-order valence-corrected chi connectivity index (χ4v) is 2.64. The van der Waals surface area contributed by atoms with Crippen LogP contribution in [-0.4, -0.2) is 49.3 Å². The highest BCUT2D eigenvalue weighted by molar-refractivity contribution is 6.04. The molecule has 0 aliphatic carbocycles. The smallest absolute Gasteiger partial charge is 0.327 e. The molecule has 0 unspecified atom stereocenters. The van der Waals surface area contributed by atoms with Gasteiger partial charge in [0.25, 0.3) is 0 Å². The Morgan fingerprint density at radius 3 is 2.52 bits per heavy atom. The van der Waals surface area contributed by atoms with Crippen LogP contribution < -0.4 is 5.32 Å². The van der Waals surface area contributed by atoms with E-state index >= 15 is 0 Å². The molecule has 3 rings (SSSR count). The number of aromatic nitrogens is 5. The zero-order valence-electron chi connectivity index (χ0n) is 16.6. The van der Waals surface area contributed by atoms with E-state index in [9.17, 15) is 18.0 Å². The number of nitrogens with one attached hydrogen (secondary N) is 1. The SMILES string of the molecule is CN=C(/C=C(\C)c1cn(CC(=O)Nc2ccc(-c3cncnc3)cn2)cn1)C(F)(F)F. The second-order valence-corrected chi connectivity index (χ2v) is 6.47. The van der Waals surface area contributed by atoms with Crippen molar-refractivity contribution in [3.05, 3.63) is 61.3 Å². The number of hydrogen-bond donors (Lipinski definition) is 1. The van der Waals surface area contributed by atoms with Crippen LogP contribution in [0.2, 0.25) is 0 Å². The number of hydrogen-bond acceptors (Lipinski definition) is 6. The average Bonchev–Trinajstić information content (AvgIpc) is 3.20. The lowest BCUT2D eigenvalue weighted by molar-refractivity contribution is -0.116. The van der Waals surface area contributed by atoms with Crippen LogP contribution in [-0.2, 0) is 11.3 Å². The predicted molar refractivity (Wildman–Crippen MR) is 109 cm³/mol. The molecule has 0 saturated carbocycles. The molecular formula is C20H18F3N7O. The Balaban J connectivity index is 1.62. The normalized spacial score (nSPS) is 12.7. The van der Waals surface area contributed by atoms with Crippen LogP contribution in [0, 0.1) is 0 Å². The van der Waals surface area contributed by atoms with Crippen molar-refractivity contribution in [1.29, 1.82) is 0 Å². The molecule has 0 spiro atoms. The number of carbonyl (C=O) groups is 1. The van der Waals surface area contributed by atoms with E-state index in [1.807, 2.05) is 0 Å². The quantitative estimate of drug-likeness (QED) is 0.606. The van der Waals surface area contributed by atoms with Crippen LogP contribution >= 0.6 is 0 Å². The second kappa shape index (κ2) is 9.28. The number of pyridine rings is 1. The molecule has 160 valence electrons. The van der Waals surface area contributed by atoms with Crippen molar-refractivity contribution < 1.29 is 18.0 Å². The van der Waals surface area contributed by atoms with Crippen LogP contribution in [0.5, 0.6) is 0 Å². The monoisotopic (exact) mass is 429 g/mol. The van der Waals surface area contributed by atoms with Gasteiger partial charge in [0.1, 0.15) is 24.4 Å². The number of anilines is 1. The molecule has 0 radical (unpaired) electrons. The summed E-state index contributed by atoms with van der Waals surface area (Å²) in [6, 6.07) is 3.42. The van der Waals surface area contributed by atoms with Crippen molar-refractivity contribution in [2.45, 2.75) is 19.6 Å². The van der Waals surface area contributed by atoms with E-state index in [0.717, 1.165) is 24.3 Å². The van der Waals surface area contributed by atoms with Gasteiger partial charge in [-0.2, -0.15) is 13.2 Å². The molecule has 0 bridgehead atoms. The lowest BCUT2D eigenvalue weighted by atomic mass is 10.1. The standard InChI is InChI=1S/C20H18F3N7O/c1-13(5-17(24-2)20(21,22)23)16-9-30(12-28-16)10-19(31)29-18-4-3-14(8-27-18)15-6-25-11-26-7-15/h3-9,11-12H,10H2,1-2H3,(H,27,29,31)/b13-5+,24-17?. The molecule has 0 aliphatic rings. The summed E-state index contributed by atoms with van der Waals surface area (Å²) in [6.45, 7) is 1.41. The zero-order chi connectivity index (χ0) is 22.4. The number of alkyl halides is 3. The van der Waals surface area contributed by atoms with Crippen molar-refractivity contribution in [3.63, 3.8) is 0 Å². The van der Waals surface area contributed by atoms with Crippen LogP contribution in [0.4, 0.5) is 19.0 Å². The molecule has 3 heterocycles. The minimum absolute atomic E-state index is 0.0791. The first kappa shape index (κ1) is 21.8. The van der Waals surface area contributed by atoms with E-state index in [1.165, 1.54) is 30.3 Å². The van der Waals surface area contributed by atoms with Crippen LogP contribution in [0.15, 0.2) is 60.6 Å². The molecule has 1 amide bonds. The van der Waals surface area contributed by atoms with E-state index in [4.69, 9.17) is 0 Å². The summed E-state index contributed by atoms with van der Waals surface area (Å²) in [5, 5.41) is 2.66. The molecule has 0 fully saturated rings. The Bertz CT molecular complexity index is 1100. The highest BCUT2D eigenvalue weighted by Crippen LogP contribution is 2.21. The lowest BCUT2D eigenvalue weighted by Gasteiger charge is -2.07. The topological polar surface area (TPSA) is 98.0 Å². The Labute approximate surface area is 175 Å². The third kappa shape index (κ3) is 5.81. The Hall–Kier alpha value is -3.89. The highest BCUT2D eigenvalue weighted by atomic mass is 19.4. The number of aliphatic imine (C=N–C) groups is 1. The van der Waals surface area contributed by atoms with Crippen LogP contribution in [0.1, 0.15) is 12.6 Å². The maximum atomic E-state index is 12.8. The average molecular weight is 429 g/mol. The van der Waals surface area contributed by atoms with Gasteiger partial charge in [-0.05, 0) is 30.7 Å². The first-order valence-electron chi connectivity index (χ1n) is 9.02. The first-order valence-corrected chi connectivity index (χ1v) is 9.02. The summed E-state index contributed by atoms with van der Waals surface area (Å²) in [4.78, 5) is 31.7. The summed E-state index contributed by atoms with van der Waals surface area (Å²) >= 11 is 0. The molecule has 3 aromatic rings. The third-order valence-electron chi connectivity index (χ3n) is 4.17. The lowest BCUT2D eigenvalue weighted by Crippen LogP contribution is -2.20. The van der Waals surface area contributed by atoms with Gasteiger partial charge in [0, 0.05) is 43.0 Å². The molecule has 0 aliphatic heterocycles. The first-order chi connectivity index (χ1) is 14.8. The van der Waals surface area contributed by atoms with Gasteiger partial charge < -0.3 is 9.88 Å². The van der Waals surface area contributed by atoms with E-state index in [2.05, 4.69) is 30.2 Å². The van der Waals surface area contributed by atoms with Gasteiger partial charge in [0.2, 0.25) is 5.91 Å². The fraction of sp³-hybridized carbons (Fsp3) is 0.200. The van der Waals surface area contributed by atoms with E-state index < -0.39 is 11.9 Å². The van der Waals surface area contributed by atoms with Crippen molar-refractivity contribution >= 4 is 23.0 Å². The third-order valence-corrected chi connectivity index (χ3v) is 4.17. The van der Waals surface area contributed by atoms with E-state index in [1.54, 1.807) is 30.7 Å². The molecule has 8 nitrogen and oxygen atoms in total. The maximum Gasteiger partial charge on any atom is 0.432 e. The summed E-state index contributed by atoms with van der Waals surface area (Å²) in [7, 11) is 1.07. The van der Waals surface area contributed by atoms with Gasteiger partial charge in [0.15, 0.2) is 0 Å². The molecule has 1 N–H and O–H groups in total. The second-order valence-electron chi connectivity index (χ2n) is 6.47. The molecule has 0 aromatic carbocycles. The minimum Gasteiger partial charge on any atom is -0.327 e. The highest BCUT2D eigenvalue weighted by Gasteiger charge is 2.33. The van der Waals surface area contributed by atoms with Crippen molar-refractivity contribution in [3.8, 4) is 11.1 Å². The molecule has 11 heteroatoms. The zero-order valence-corrected chi connectivity index (χ0v) is 16.6. The Kier molecular flexibility index (Phi) is 6.53. The number of carbonyl (C=O) groups excluding carboxylic acids is 1. The van der Waals surface area contributed by atoms with Crippen molar-refractivity contribution in [2.75, 3.05) is 12.4 Å². The minimum atomic E-state index is -4.55. The summed E-state index contributed by atoms with van der Waals surface area (Å²) in [5.41, 5.74) is 1.18. The van der Waals surface area contributed by atoms with Gasteiger partial charge in [-0.25, -0.2) is 19.9 Å². The summed E-state index contributed by atoms with van der Waals surface area (Å²) in [5.74, 6) is -0.00373. The van der Waals surface area contributed by atoms with Crippen LogP contribution in [0.25, 0.3) is 16.7 Å². The molecule has 0 atom stereocenters. The maximum absolute atomic E-state index is 12.8. The number of halogens is 3. The van der Waals surface area contributed by atoms with E-state index in [0.29, 0.717) is 11.5 Å². The Morgan fingerprint density at radius 1 is 1.16 bits per heavy atom. The number of allylic oxidation sites excluding steroid dienone is 2. The molecule has 3 aromatic heterocycles. The number of amides is 1. The molecular weight excluding hydrogens is 411 g/mol. The number of nitrogens with zero attached hydrogens (tertiary/aromatic N) is 6. The van der Waals surface area contributed by atoms with Gasteiger partial charge in [0.05, 0.1) is 12.0 Å². The summed E-state index contributed by atoms with van der Waals surface area (Å²) in [6.07, 6.45) is 5.54. The van der Waals surface area contributed by atoms with Gasteiger partial charge in [-0.15, -0.1) is 0 Å².